The molecule has 12 heavy (non-hydrogen) atoms. The normalized spacial score (nSPS) is 0.667. The van der Waals surface area contributed by atoms with Gasteiger partial charge in [0.05, 0.1) is 0 Å². The maximum atomic E-state index is 6.25. The number of hydrogen-bond acceptors (Lipinski definition) is 4. The van der Waals surface area contributed by atoms with Crippen molar-refractivity contribution in [1.82, 2.24) is 0 Å². The summed E-state index contributed by atoms with van der Waals surface area (Å²) >= 11 is 0. The van der Waals surface area contributed by atoms with E-state index < -0.39 is 0 Å². The first-order valence-electron chi connectivity index (χ1n) is 0.894. The first kappa shape index (κ1) is 54.9. The molecule has 0 fully saturated rings. The van der Waals surface area contributed by atoms with Gasteiger partial charge in [-0.2, -0.15) is 0 Å². The minimum absolute atomic E-state index is 0. The Morgan fingerprint density at radius 3 is 0.333 bits per heavy atom. The van der Waals surface area contributed by atoms with Crippen LogP contribution < -0.4 is 206 Å². The fourth-order valence-electron chi connectivity index (χ4n) is 0. The van der Waals surface area contributed by atoms with Crippen LogP contribution in [0.25, 0.3) is 0 Å². The molecule has 8 heteroatoms. The average Bonchev–Trinajstić information content (AvgIpc) is 2.03. The van der Waals surface area contributed by atoms with Crippen molar-refractivity contribution in [3.63, 3.8) is 0 Å². The summed E-state index contributed by atoms with van der Waals surface area (Å²) in [6, 6.07) is 0. The quantitative estimate of drug-likeness (QED) is 0.319. The van der Waals surface area contributed by atoms with Gasteiger partial charge in [-0.15, -0.1) is 0 Å². The Morgan fingerprint density at radius 1 is 0.333 bits per heavy atom. The zero-order valence-corrected chi connectivity index (χ0v) is 20.3. The van der Waals surface area contributed by atoms with Gasteiger partial charge in [0, 0.05) is 0 Å². The number of rotatable bonds is 0. The maximum absolute atomic E-state index is 6.25. The van der Waals surface area contributed by atoms with Gasteiger partial charge < -0.3 is 47.3 Å². The Bertz CT molecular complexity index is 62.0. The largest absolute Gasteiger partial charge is 1.00 e. The zero-order valence-electron chi connectivity index (χ0n) is 7.79. The maximum Gasteiger partial charge on any atom is 1.00 e. The van der Waals surface area contributed by atoms with Gasteiger partial charge in [-0.25, -0.2) is 0 Å². The van der Waals surface area contributed by atoms with Gasteiger partial charge in [0.25, 0.3) is 0 Å². The van der Waals surface area contributed by atoms with Crippen LogP contribution in [0.5, 0.6) is 0 Å². The topological polar surface area (TPSA) is 95.2 Å². The van der Waals surface area contributed by atoms with Crippen molar-refractivity contribution < 1.29 is 206 Å². The van der Waals surface area contributed by atoms with Crippen molar-refractivity contribution in [2.75, 3.05) is 0 Å². The van der Waals surface area contributed by atoms with Crippen molar-refractivity contribution in [3.05, 3.63) is 26.3 Å². The molecule has 0 N–H and O–H groups in total. The average molecular weight is 260 g/mol. The zero-order chi connectivity index (χ0) is 8.00. The van der Waals surface area contributed by atoms with Crippen LogP contribution in [0.4, 0.5) is 0 Å². The second-order valence-electron chi connectivity index (χ2n) is 0. The molecule has 0 saturated carbocycles. The van der Waals surface area contributed by atoms with Crippen LogP contribution in [-0.2, 0) is 0 Å². The molecule has 4 nitrogen and oxygen atoms in total. The third kappa shape index (κ3) is 130. The molecule has 0 bridgehead atoms. The molecule has 0 rings (SSSR count). The van der Waals surface area contributed by atoms with E-state index in [2.05, 4.69) is 0 Å². The number of hydrogen-bond donors (Lipinski definition) is 0. The van der Waals surface area contributed by atoms with Crippen LogP contribution in [0, 0.1) is 47.3 Å². The molecule has 0 aliphatic rings. The van der Waals surface area contributed by atoms with Crippen LogP contribution in [0.1, 0.15) is 0 Å². The van der Waals surface area contributed by atoms with E-state index in [1.165, 1.54) is 0 Å². The van der Waals surface area contributed by atoms with Gasteiger partial charge in [0.15, 0.2) is 0 Å². The van der Waals surface area contributed by atoms with Crippen molar-refractivity contribution in [2.24, 2.45) is 0 Å². The van der Waals surface area contributed by atoms with Crippen molar-refractivity contribution in [3.8, 4) is 0 Å². The van der Waals surface area contributed by atoms with E-state index in [1.807, 2.05) is 0 Å². The summed E-state index contributed by atoms with van der Waals surface area (Å²) in [5, 5.41) is 25.0. The van der Waals surface area contributed by atoms with E-state index in [0.717, 1.165) is 0 Å². The molecule has 40 valence electrons. The Balaban J connectivity index is -0.00000000267. The summed E-state index contributed by atoms with van der Waals surface area (Å²) in [6.45, 7) is 19.0. The predicted octanol–water partition coefficient (Wildman–Crippen LogP) is -11.6. The van der Waals surface area contributed by atoms with E-state index in [-0.39, 0.29) is 206 Å². The molecule has 0 heterocycles. The van der Waals surface area contributed by atoms with Gasteiger partial charge in [-0.1, -0.05) is 0 Å². The first-order chi connectivity index (χ1) is 4.00. The second-order valence-corrected chi connectivity index (χ2v) is 0. The summed E-state index contributed by atoms with van der Waals surface area (Å²) in [4.78, 5) is 0. The van der Waals surface area contributed by atoms with Crippen molar-refractivity contribution >= 4 is 0 Å². The first-order valence-corrected chi connectivity index (χ1v) is 0.894. The monoisotopic (exact) mass is 260 g/mol. The molecular formula is C4K4N4. The van der Waals surface area contributed by atoms with Crippen LogP contribution in [0.15, 0.2) is 0 Å². The van der Waals surface area contributed by atoms with Crippen LogP contribution in [-0.4, -0.2) is 0 Å². The summed E-state index contributed by atoms with van der Waals surface area (Å²) < 4.78 is 0. The molecule has 0 amide bonds. The third-order valence-electron chi connectivity index (χ3n) is 0. The third-order valence-corrected chi connectivity index (χ3v) is 0. The smallest absolute Gasteiger partial charge is 0.512 e. The van der Waals surface area contributed by atoms with Gasteiger partial charge in [0.2, 0.25) is 0 Å². The fraction of sp³-hybridized carbons (Fsp3) is 0. The summed E-state index contributed by atoms with van der Waals surface area (Å²) in [7, 11) is 0. The molecule has 0 aromatic heterocycles. The molecule has 0 aromatic carbocycles. The molecule has 0 aliphatic heterocycles. The molecule has 0 radical (unpaired) electrons. The van der Waals surface area contributed by atoms with E-state index in [0.29, 0.717) is 0 Å². The van der Waals surface area contributed by atoms with Crippen molar-refractivity contribution in [1.29, 1.82) is 21.0 Å². The minimum atomic E-state index is 0. The summed E-state index contributed by atoms with van der Waals surface area (Å²) in [5.74, 6) is 0. The molecule has 0 atom stereocenters. The van der Waals surface area contributed by atoms with Gasteiger partial charge >= 0.3 is 206 Å². The van der Waals surface area contributed by atoms with Crippen LogP contribution in [0.3, 0.4) is 0 Å². The fourth-order valence-corrected chi connectivity index (χ4v) is 0. The van der Waals surface area contributed by atoms with E-state index in [9.17, 15) is 0 Å². The van der Waals surface area contributed by atoms with Gasteiger partial charge in [-0.05, 0) is 0 Å². The van der Waals surface area contributed by atoms with E-state index in [4.69, 9.17) is 47.3 Å². The molecule has 0 spiro atoms. The minimum Gasteiger partial charge on any atom is -0.512 e. The SMILES string of the molecule is [C-]#N.[C-]#N.[C-]#N.[C-]#N.[K+].[K+].[K+].[K+]. The Morgan fingerprint density at radius 2 is 0.333 bits per heavy atom. The second kappa shape index (κ2) is 161. The predicted molar refractivity (Wildman–Crippen MR) is 19.9 cm³/mol. The van der Waals surface area contributed by atoms with E-state index in [1.54, 1.807) is 0 Å². The molecule has 0 saturated heterocycles. The van der Waals surface area contributed by atoms with Crippen LogP contribution in [0.2, 0.25) is 0 Å². The molecule has 0 aromatic rings. The Labute approximate surface area is 244 Å². The molecule has 0 aliphatic carbocycles. The molecule has 0 unspecified atom stereocenters. The number of nitrogens with zero attached hydrogens (tertiary/aromatic N) is 4. The molecular weight excluding hydrogens is 260 g/mol. The van der Waals surface area contributed by atoms with Crippen LogP contribution >= 0.6 is 0 Å². The van der Waals surface area contributed by atoms with Gasteiger partial charge in [-0.3, -0.25) is 0 Å². The van der Waals surface area contributed by atoms with Crippen molar-refractivity contribution in [2.45, 2.75) is 0 Å². The summed E-state index contributed by atoms with van der Waals surface area (Å²) in [6.07, 6.45) is 0. The Kier molecular flexibility index (Phi) is 735. The summed E-state index contributed by atoms with van der Waals surface area (Å²) in [5.41, 5.74) is 0. The Hall–Kier alpha value is 4.51. The standard InChI is InChI=1S/4CN.4K/c4*1-2;;;;/q4*-1;4*+1. The van der Waals surface area contributed by atoms with Gasteiger partial charge in [0.1, 0.15) is 0 Å². The van der Waals surface area contributed by atoms with E-state index >= 15 is 0 Å².